The van der Waals surface area contributed by atoms with E-state index >= 15 is 0 Å². The zero-order chi connectivity index (χ0) is 36.1. The highest BCUT2D eigenvalue weighted by Gasteiger charge is 2.33. The van der Waals surface area contributed by atoms with E-state index in [1.807, 2.05) is 64.1 Å². The van der Waals surface area contributed by atoms with Gasteiger partial charge in [-0.3, -0.25) is 4.79 Å². The third-order valence-electron chi connectivity index (χ3n) is 9.16. The van der Waals surface area contributed by atoms with E-state index < -0.39 is 5.91 Å². The number of amides is 1. The second-order valence-corrected chi connectivity index (χ2v) is 13.7. The molecule has 51 heavy (non-hydrogen) atoms. The molecule has 270 valence electrons. The van der Waals surface area contributed by atoms with Gasteiger partial charge in [-0.1, -0.05) is 30.3 Å². The van der Waals surface area contributed by atoms with E-state index in [-0.39, 0.29) is 23.0 Å². The molecule has 3 heterocycles. The summed E-state index contributed by atoms with van der Waals surface area (Å²) in [5, 5.41) is 6.26. The number of hydrogen-bond acceptors (Lipinski definition) is 11. The Labute approximate surface area is 300 Å². The van der Waals surface area contributed by atoms with Crippen molar-refractivity contribution in [3.8, 4) is 34.6 Å². The molecular weight excluding hydrogens is 648 g/mol. The SMILES string of the molecule is COc1cc(Nc2ncc(C(=O)Nc3c(C)cccc3C)c(Oc3cccc4c3OC(C)(C)C4)n2)cc(OC)c1OCCCN1CCN(C)CC1. The predicted octanol–water partition coefficient (Wildman–Crippen LogP) is 6.63. The molecule has 0 bridgehead atoms. The summed E-state index contributed by atoms with van der Waals surface area (Å²) < 4.78 is 30.3. The first-order valence-corrected chi connectivity index (χ1v) is 17.3. The number of aryl methyl sites for hydroxylation is 2. The van der Waals surface area contributed by atoms with Crippen molar-refractivity contribution in [3.63, 3.8) is 0 Å². The van der Waals surface area contributed by atoms with Gasteiger partial charge in [-0.05, 0) is 58.4 Å². The van der Waals surface area contributed by atoms with Gasteiger partial charge in [0.25, 0.3) is 5.91 Å². The number of anilines is 3. The zero-order valence-corrected chi connectivity index (χ0v) is 30.6. The molecule has 2 aliphatic heterocycles. The minimum absolute atomic E-state index is 0.0668. The summed E-state index contributed by atoms with van der Waals surface area (Å²) in [6.07, 6.45) is 3.06. The molecule has 4 aromatic rings. The average molecular weight is 697 g/mol. The molecule has 2 N–H and O–H groups in total. The molecule has 2 aliphatic rings. The van der Waals surface area contributed by atoms with Gasteiger partial charge in [0.15, 0.2) is 23.0 Å². The third-order valence-corrected chi connectivity index (χ3v) is 9.16. The summed E-state index contributed by atoms with van der Waals surface area (Å²) in [5.41, 5.74) is 3.99. The van der Waals surface area contributed by atoms with E-state index in [2.05, 4.69) is 32.5 Å². The molecule has 0 radical (unpaired) electrons. The topological polar surface area (TPSA) is 120 Å². The number of benzene rings is 3. The summed E-state index contributed by atoms with van der Waals surface area (Å²) in [4.78, 5) is 27.8. The maximum Gasteiger partial charge on any atom is 0.262 e. The molecule has 0 unspecified atom stereocenters. The largest absolute Gasteiger partial charge is 0.493 e. The van der Waals surface area contributed by atoms with Gasteiger partial charge < -0.3 is 44.1 Å². The van der Waals surface area contributed by atoms with E-state index in [0.29, 0.717) is 41.0 Å². The Morgan fingerprint density at radius 2 is 1.65 bits per heavy atom. The Balaban J connectivity index is 1.25. The smallest absolute Gasteiger partial charge is 0.262 e. The van der Waals surface area contributed by atoms with Crippen LogP contribution in [-0.2, 0) is 6.42 Å². The number of likely N-dealkylation sites (N-methyl/N-ethyl adjacent to an activating group) is 1. The van der Waals surface area contributed by atoms with Crippen LogP contribution in [0.5, 0.6) is 34.6 Å². The number of aromatic nitrogens is 2. The van der Waals surface area contributed by atoms with E-state index in [1.54, 1.807) is 26.4 Å². The number of para-hydroxylation sites is 2. The van der Waals surface area contributed by atoms with Crippen molar-refractivity contribution in [2.24, 2.45) is 0 Å². The van der Waals surface area contributed by atoms with Gasteiger partial charge in [0.05, 0.1) is 20.8 Å². The number of piperazine rings is 1. The Kier molecular flexibility index (Phi) is 10.8. The van der Waals surface area contributed by atoms with E-state index in [9.17, 15) is 4.79 Å². The number of carbonyl (C=O) groups is 1. The summed E-state index contributed by atoms with van der Waals surface area (Å²) in [6, 6.07) is 15.2. The van der Waals surface area contributed by atoms with Gasteiger partial charge in [-0.15, -0.1) is 0 Å². The molecule has 0 saturated carbocycles. The summed E-state index contributed by atoms with van der Waals surface area (Å²) in [5.74, 6) is 2.47. The number of fused-ring (bicyclic) bond motifs is 1. The highest BCUT2D eigenvalue weighted by molar-refractivity contribution is 6.06. The number of ether oxygens (including phenoxy) is 5. The van der Waals surface area contributed by atoms with E-state index in [4.69, 9.17) is 28.7 Å². The zero-order valence-electron chi connectivity index (χ0n) is 30.6. The van der Waals surface area contributed by atoms with Crippen LogP contribution in [0.25, 0.3) is 0 Å². The van der Waals surface area contributed by atoms with Gasteiger partial charge in [-0.2, -0.15) is 4.98 Å². The van der Waals surface area contributed by atoms with Gasteiger partial charge in [0.1, 0.15) is 11.2 Å². The van der Waals surface area contributed by atoms with Crippen LogP contribution < -0.4 is 34.3 Å². The first-order valence-electron chi connectivity index (χ1n) is 17.3. The maximum atomic E-state index is 13.8. The van der Waals surface area contributed by atoms with Crippen LogP contribution in [-0.4, -0.2) is 91.9 Å². The average Bonchev–Trinajstić information content (AvgIpc) is 3.44. The van der Waals surface area contributed by atoms with Gasteiger partial charge in [0.2, 0.25) is 17.6 Å². The second kappa shape index (κ2) is 15.4. The summed E-state index contributed by atoms with van der Waals surface area (Å²) in [7, 11) is 5.33. The van der Waals surface area contributed by atoms with E-state index in [0.717, 1.165) is 67.9 Å². The highest BCUT2D eigenvalue weighted by atomic mass is 16.5. The van der Waals surface area contributed by atoms with Crippen molar-refractivity contribution in [3.05, 3.63) is 77.0 Å². The van der Waals surface area contributed by atoms with Crippen LogP contribution in [0.15, 0.2) is 54.7 Å². The van der Waals surface area contributed by atoms with Gasteiger partial charge >= 0.3 is 0 Å². The van der Waals surface area contributed by atoms with Crippen LogP contribution in [0.1, 0.15) is 47.3 Å². The summed E-state index contributed by atoms with van der Waals surface area (Å²) >= 11 is 0. The number of nitrogens with one attached hydrogen (secondary N) is 2. The van der Waals surface area contributed by atoms with Crippen LogP contribution in [0.2, 0.25) is 0 Å². The maximum absolute atomic E-state index is 13.8. The Morgan fingerprint density at radius 1 is 0.961 bits per heavy atom. The van der Waals surface area contributed by atoms with Gasteiger partial charge in [0, 0.05) is 74.4 Å². The van der Waals surface area contributed by atoms with Crippen LogP contribution in [0, 0.1) is 13.8 Å². The molecule has 6 rings (SSSR count). The van der Waals surface area contributed by atoms with Crippen LogP contribution in [0.3, 0.4) is 0 Å². The first-order chi connectivity index (χ1) is 24.5. The number of carbonyl (C=O) groups excluding carboxylic acids is 1. The number of rotatable bonds is 13. The lowest BCUT2D eigenvalue weighted by atomic mass is 10.0. The van der Waals surface area contributed by atoms with Crippen molar-refractivity contribution in [1.29, 1.82) is 0 Å². The first kappa shape index (κ1) is 35.7. The van der Waals surface area contributed by atoms with E-state index in [1.165, 1.54) is 6.20 Å². The fourth-order valence-electron chi connectivity index (χ4n) is 6.38. The Hall–Kier alpha value is -5.07. The highest BCUT2D eigenvalue weighted by Crippen LogP contribution is 2.44. The fourth-order valence-corrected chi connectivity index (χ4v) is 6.38. The van der Waals surface area contributed by atoms with Crippen molar-refractivity contribution >= 4 is 23.2 Å². The molecule has 3 aromatic carbocycles. The lowest BCUT2D eigenvalue weighted by molar-refractivity contribution is 0.102. The van der Waals surface area contributed by atoms with Crippen molar-refractivity contribution in [2.45, 2.75) is 46.1 Å². The second-order valence-electron chi connectivity index (χ2n) is 13.7. The quantitative estimate of drug-likeness (QED) is 0.147. The summed E-state index contributed by atoms with van der Waals surface area (Å²) in [6.45, 7) is 13.7. The minimum atomic E-state index is -0.403. The minimum Gasteiger partial charge on any atom is -0.493 e. The van der Waals surface area contributed by atoms with Gasteiger partial charge in [-0.25, -0.2) is 4.98 Å². The molecular formula is C39H48N6O6. The number of hydrogen-bond donors (Lipinski definition) is 2. The lowest BCUT2D eigenvalue weighted by Crippen LogP contribution is -2.44. The van der Waals surface area contributed by atoms with Crippen molar-refractivity contribution in [1.82, 2.24) is 19.8 Å². The number of nitrogens with zero attached hydrogens (tertiary/aromatic N) is 4. The number of methoxy groups -OCH3 is 2. The lowest BCUT2D eigenvalue weighted by Gasteiger charge is -2.32. The molecule has 1 amide bonds. The molecule has 0 aliphatic carbocycles. The molecule has 0 atom stereocenters. The monoisotopic (exact) mass is 696 g/mol. The molecule has 12 heteroatoms. The molecule has 12 nitrogen and oxygen atoms in total. The normalized spacial score (nSPS) is 15.4. The van der Waals surface area contributed by atoms with Crippen LogP contribution >= 0.6 is 0 Å². The predicted molar refractivity (Wildman–Crippen MR) is 198 cm³/mol. The molecule has 0 spiro atoms. The van der Waals surface area contributed by atoms with Crippen LogP contribution in [0.4, 0.5) is 17.3 Å². The Morgan fingerprint density at radius 3 is 2.33 bits per heavy atom. The van der Waals surface area contributed by atoms with Crippen molar-refractivity contribution in [2.75, 3.05) is 71.2 Å². The fraction of sp³-hybridized carbons (Fsp3) is 0.410. The third kappa shape index (κ3) is 8.46. The molecule has 1 saturated heterocycles. The Bertz CT molecular complexity index is 1830. The molecule has 1 aromatic heterocycles. The van der Waals surface area contributed by atoms with Crippen molar-refractivity contribution < 1.29 is 28.5 Å². The standard InChI is InChI=1S/C39H48N6O6/c1-25-11-8-12-26(2)33(25)42-36(46)29-24-40-38(43-37(29)50-30-14-9-13-27-23-39(3,4)51-34(27)30)41-28-21-31(47-6)35(32(22-28)48-7)49-20-10-15-45-18-16-44(5)17-19-45/h8-9,11-14,21-22,24H,10,15-20,23H2,1-7H3,(H,42,46)(H,40,41,43). The molecule has 1 fully saturated rings.